The van der Waals surface area contributed by atoms with Gasteiger partial charge in [-0.2, -0.15) is 0 Å². The van der Waals surface area contributed by atoms with E-state index < -0.39 is 0 Å². The predicted molar refractivity (Wildman–Crippen MR) is 60.2 cm³/mol. The Morgan fingerprint density at radius 2 is 0.667 bits per heavy atom. The van der Waals surface area contributed by atoms with Gasteiger partial charge in [0.15, 0.2) is 0 Å². The van der Waals surface area contributed by atoms with Gasteiger partial charge in [-0.15, -0.1) is 0 Å². The van der Waals surface area contributed by atoms with Gasteiger partial charge in [0, 0.05) is 13.2 Å². The first kappa shape index (κ1) is 12.9. The molecule has 0 saturated carbocycles. The Balaban J connectivity index is 2.01. The van der Waals surface area contributed by atoms with Crippen LogP contribution in [0.5, 0.6) is 0 Å². The molecule has 0 spiro atoms. The average molecular weight is 216 g/mol. The van der Waals surface area contributed by atoms with Gasteiger partial charge in [-0.1, -0.05) is 25.7 Å². The first-order valence-corrected chi connectivity index (χ1v) is 6.23. The van der Waals surface area contributed by atoms with Crippen LogP contribution in [0.25, 0.3) is 0 Å². The van der Waals surface area contributed by atoms with Crippen LogP contribution < -0.4 is 0 Å². The maximum absolute atomic E-state index is 5.44. The normalized spacial score (nSPS) is 24.0. The molecule has 3 heteroatoms. The third-order valence-corrected chi connectivity index (χ3v) is 2.57. The average Bonchev–Trinajstić information content (AvgIpc) is 2.27. The third-order valence-electron chi connectivity index (χ3n) is 2.57. The fourth-order valence-electron chi connectivity index (χ4n) is 1.66. The summed E-state index contributed by atoms with van der Waals surface area (Å²) in [6, 6.07) is 0. The molecule has 1 saturated heterocycles. The molecule has 90 valence electrons. The van der Waals surface area contributed by atoms with Crippen LogP contribution >= 0.6 is 0 Å². The maximum atomic E-state index is 5.44. The van der Waals surface area contributed by atoms with Gasteiger partial charge < -0.3 is 14.2 Å². The Kier molecular flexibility index (Phi) is 8.98. The molecule has 0 bridgehead atoms. The van der Waals surface area contributed by atoms with Crippen LogP contribution in [0.2, 0.25) is 0 Å². The molecule has 0 aromatic carbocycles. The molecule has 1 rings (SSSR count). The van der Waals surface area contributed by atoms with Gasteiger partial charge in [0.05, 0.1) is 26.4 Å². The zero-order valence-corrected chi connectivity index (χ0v) is 9.71. The van der Waals surface area contributed by atoms with Crippen molar-refractivity contribution >= 4 is 0 Å². The van der Waals surface area contributed by atoms with E-state index in [-0.39, 0.29) is 0 Å². The fraction of sp³-hybridized carbons (Fsp3) is 1.00. The third kappa shape index (κ3) is 8.85. The first-order chi connectivity index (χ1) is 7.50. The molecule has 0 amide bonds. The molecule has 15 heavy (non-hydrogen) atoms. The highest BCUT2D eigenvalue weighted by molar-refractivity contribution is 4.46. The molecule has 0 aromatic heterocycles. The van der Waals surface area contributed by atoms with E-state index in [2.05, 4.69) is 0 Å². The largest absolute Gasteiger partial charge is 0.379 e. The SMILES string of the molecule is C1CCCCOCCOCCOCCC1. The van der Waals surface area contributed by atoms with E-state index >= 15 is 0 Å². The lowest BCUT2D eigenvalue weighted by Crippen LogP contribution is -2.10. The van der Waals surface area contributed by atoms with Gasteiger partial charge in [0.25, 0.3) is 0 Å². The number of hydrogen-bond donors (Lipinski definition) is 0. The van der Waals surface area contributed by atoms with Crippen molar-refractivity contribution in [2.24, 2.45) is 0 Å². The summed E-state index contributed by atoms with van der Waals surface area (Å²) >= 11 is 0. The van der Waals surface area contributed by atoms with E-state index in [4.69, 9.17) is 14.2 Å². The smallest absolute Gasteiger partial charge is 0.0701 e. The quantitative estimate of drug-likeness (QED) is 0.622. The number of hydrogen-bond acceptors (Lipinski definition) is 3. The summed E-state index contributed by atoms with van der Waals surface area (Å²) < 4.78 is 16.2. The predicted octanol–water partition coefficient (Wildman–Crippen LogP) is 2.39. The van der Waals surface area contributed by atoms with E-state index in [9.17, 15) is 0 Å². The van der Waals surface area contributed by atoms with Crippen molar-refractivity contribution in [2.45, 2.75) is 38.5 Å². The molecule has 1 fully saturated rings. The highest BCUT2D eigenvalue weighted by atomic mass is 16.5. The van der Waals surface area contributed by atoms with Crippen LogP contribution in [0, 0.1) is 0 Å². The molecule has 1 heterocycles. The van der Waals surface area contributed by atoms with Gasteiger partial charge >= 0.3 is 0 Å². The Morgan fingerprint density at radius 3 is 1.13 bits per heavy atom. The van der Waals surface area contributed by atoms with E-state index in [1.54, 1.807) is 0 Å². The molecular formula is C12H24O3. The number of rotatable bonds is 0. The molecule has 0 aromatic rings. The van der Waals surface area contributed by atoms with Crippen LogP contribution in [0.3, 0.4) is 0 Å². The Hall–Kier alpha value is -0.120. The van der Waals surface area contributed by atoms with Crippen molar-refractivity contribution in [1.82, 2.24) is 0 Å². The van der Waals surface area contributed by atoms with E-state index in [1.165, 1.54) is 38.5 Å². The summed E-state index contributed by atoms with van der Waals surface area (Å²) in [6.07, 6.45) is 7.64. The summed E-state index contributed by atoms with van der Waals surface area (Å²) in [5.41, 5.74) is 0. The second-order valence-electron chi connectivity index (χ2n) is 3.96. The molecule has 0 unspecified atom stereocenters. The van der Waals surface area contributed by atoms with Crippen LogP contribution in [0.15, 0.2) is 0 Å². The van der Waals surface area contributed by atoms with Crippen LogP contribution in [-0.2, 0) is 14.2 Å². The van der Waals surface area contributed by atoms with Crippen molar-refractivity contribution in [3.05, 3.63) is 0 Å². The second-order valence-corrected chi connectivity index (χ2v) is 3.96. The lowest BCUT2D eigenvalue weighted by atomic mass is 10.1. The summed E-state index contributed by atoms with van der Waals surface area (Å²) in [6.45, 7) is 4.62. The molecular weight excluding hydrogens is 192 g/mol. The summed E-state index contributed by atoms with van der Waals surface area (Å²) in [7, 11) is 0. The maximum Gasteiger partial charge on any atom is 0.0701 e. The first-order valence-electron chi connectivity index (χ1n) is 6.23. The van der Waals surface area contributed by atoms with Gasteiger partial charge in [0.2, 0.25) is 0 Å². The van der Waals surface area contributed by atoms with E-state index in [1.807, 2.05) is 0 Å². The summed E-state index contributed by atoms with van der Waals surface area (Å²) in [4.78, 5) is 0. The van der Waals surface area contributed by atoms with Crippen molar-refractivity contribution in [2.75, 3.05) is 39.6 Å². The standard InChI is InChI=1S/C12H24O3/c1-2-4-6-8-14-10-12-15-11-9-13-7-5-3-1/h1-12H2. The van der Waals surface area contributed by atoms with Crippen molar-refractivity contribution in [3.8, 4) is 0 Å². The minimum atomic E-state index is 0.698. The highest BCUT2D eigenvalue weighted by Crippen LogP contribution is 2.05. The highest BCUT2D eigenvalue weighted by Gasteiger charge is 1.95. The van der Waals surface area contributed by atoms with Crippen molar-refractivity contribution in [1.29, 1.82) is 0 Å². The lowest BCUT2D eigenvalue weighted by Gasteiger charge is -2.05. The van der Waals surface area contributed by atoms with E-state index in [0.717, 1.165) is 26.4 Å². The zero-order valence-electron chi connectivity index (χ0n) is 9.71. The Labute approximate surface area is 93.1 Å². The molecule has 0 N–H and O–H groups in total. The Bertz CT molecular complexity index is 69.4. The fourth-order valence-corrected chi connectivity index (χ4v) is 1.66. The zero-order chi connectivity index (χ0) is 10.6. The topological polar surface area (TPSA) is 27.7 Å². The molecule has 1 aliphatic heterocycles. The van der Waals surface area contributed by atoms with Crippen LogP contribution in [-0.4, -0.2) is 39.6 Å². The van der Waals surface area contributed by atoms with Crippen molar-refractivity contribution in [3.63, 3.8) is 0 Å². The van der Waals surface area contributed by atoms with Crippen LogP contribution in [0.4, 0.5) is 0 Å². The molecule has 1 aliphatic rings. The van der Waals surface area contributed by atoms with Gasteiger partial charge in [-0.25, -0.2) is 0 Å². The molecule has 3 nitrogen and oxygen atoms in total. The molecule has 0 atom stereocenters. The van der Waals surface area contributed by atoms with Gasteiger partial charge in [0.1, 0.15) is 0 Å². The minimum Gasteiger partial charge on any atom is -0.379 e. The second kappa shape index (κ2) is 10.4. The van der Waals surface area contributed by atoms with Crippen molar-refractivity contribution < 1.29 is 14.2 Å². The van der Waals surface area contributed by atoms with Gasteiger partial charge in [-0.3, -0.25) is 0 Å². The summed E-state index contributed by atoms with van der Waals surface area (Å²) in [5, 5.41) is 0. The molecule has 0 radical (unpaired) electrons. The molecule has 0 aliphatic carbocycles. The van der Waals surface area contributed by atoms with Crippen LogP contribution in [0.1, 0.15) is 38.5 Å². The van der Waals surface area contributed by atoms with Gasteiger partial charge in [-0.05, 0) is 12.8 Å². The number of ether oxygens (including phenoxy) is 3. The lowest BCUT2D eigenvalue weighted by molar-refractivity contribution is 0.0140. The Morgan fingerprint density at radius 1 is 0.333 bits per heavy atom. The monoisotopic (exact) mass is 216 g/mol. The minimum absolute atomic E-state index is 0.698. The van der Waals surface area contributed by atoms with E-state index in [0.29, 0.717) is 13.2 Å². The summed E-state index contributed by atoms with van der Waals surface area (Å²) in [5.74, 6) is 0.